The summed E-state index contributed by atoms with van der Waals surface area (Å²) in [5.74, 6) is 0.524. The smallest absolute Gasteiger partial charge is 0.216 e. The predicted molar refractivity (Wildman–Crippen MR) is 90.9 cm³/mol. The quantitative estimate of drug-likeness (QED) is 0.823. The van der Waals surface area contributed by atoms with E-state index in [1.807, 2.05) is 0 Å². The molecule has 1 aromatic carbocycles. The molecule has 0 unspecified atom stereocenters. The van der Waals surface area contributed by atoms with Crippen molar-refractivity contribution in [1.29, 1.82) is 0 Å². The molecule has 1 N–H and O–H groups in total. The maximum atomic E-state index is 12.9. The second-order valence-corrected chi connectivity index (χ2v) is 7.44. The Morgan fingerprint density at radius 1 is 1.16 bits per heavy atom. The van der Waals surface area contributed by atoms with E-state index in [2.05, 4.69) is 19.6 Å². The van der Waals surface area contributed by atoms with Crippen LogP contribution in [0, 0.1) is 5.82 Å². The number of halogens is 1. The Morgan fingerprint density at radius 3 is 2.60 bits per heavy atom. The SMILES string of the molecule is O=S(=O)(Cc1ccc(F)cc1)NCc1nccc(N2CCOCC2)n1. The average molecular weight is 366 g/mol. The van der Waals surface area contributed by atoms with Gasteiger partial charge in [-0.05, 0) is 23.8 Å². The number of nitrogens with one attached hydrogen (secondary N) is 1. The monoisotopic (exact) mass is 366 g/mol. The summed E-state index contributed by atoms with van der Waals surface area (Å²) in [7, 11) is -3.57. The highest BCUT2D eigenvalue weighted by Gasteiger charge is 2.15. The van der Waals surface area contributed by atoms with Crippen LogP contribution in [0.15, 0.2) is 36.5 Å². The zero-order valence-electron chi connectivity index (χ0n) is 13.6. The van der Waals surface area contributed by atoms with Crippen LogP contribution in [0.5, 0.6) is 0 Å². The summed E-state index contributed by atoms with van der Waals surface area (Å²) >= 11 is 0. The first-order valence-electron chi connectivity index (χ1n) is 7.88. The Balaban J connectivity index is 1.61. The van der Waals surface area contributed by atoms with Crippen LogP contribution in [-0.2, 0) is 27.1 Å². The molecule has 9 heteroatoms. The molecule has 25 heavy (non-hydrogen) atoms. The molecule has 2 heterocycles. The molecule has 3 rings (SSSR count). The van der Waals surface area contributed by atoms with Gasteiger partial charge in [0.1, 0.15) is 17.5 Å². The maximum absolute atomic E-state index is 12.9. The lowest BCUT2D eigenvalue weighted by molar-refractivity contribution is 0.122. The van der Waals surface area contributed by atoms with Crippen molar-refractivity contribution in [2.24, 2.45) is 0 Å². The van der Waals surface area contributed by atoms with Gasteiger partial charge in [-0.3, -0.25) is 0 Å². The van der Waals surface area contributed by atoms with Gasteiger partial charge in [0, 0.05) is 19.3 Å². The standard InChI is InChI=1S/C16H19FN4O3S/c17-14-3-1-13(2-4-14)12-25(22,23)19-11-15-18-6-5-16(20-15)21-7-9-24-10-8-21/h1-6,19H,7-12H2. The number of rotatable bonds is 6. The fourth-order valence-corrected chi connectivity index (χ4v) is 3.55. The normalized spacial score (nSPS) is 15.3. The van der Waals surface area contributed by atoms with Crippen LogP contribution in [0.25, 0.3) is 0 Å². The van der Waals surface area contributed by atoms with Gasteiger partial charge in [0.25, 0.3) is 0 Å². The summed E-state index contributed by atoms with van der Waals surface area (Å²) in [5.41, 5.74) is 0.511. The molecular formula is C16H19FN4O3S. The van der Waals surface area contributed by atoms with E-state index in [1.165, 1.54) is 24.3 Å². The van der Waals surface area contributed by atoms with Crippen molar-refractivity contribution in [2.75, 3.05) is 31.2 Å². The van der Waals surface area contributed by atoms with Gasteiger partial charge < -0.3 is 9.64 Å². The van der Waals surface area contributed by atoms with Crippen LogP contribution in [0.4, 0.5) is 10.2 Å². The number of benzene rings is 1. The number of sulfonamides is 1. The predicted octanol–water partition coefficient (Wildman–Crippen LogP) is 1.07. The molecule has 0 saturated carbocycles. The van der Waals surface area contributed by atoms with Gasteiger partial charge in [-0.15, -0.1) is 0 Å². The van der Waals surface area contributed by atoms with Crippen LogP contribution in [0.3, 0.4) is 0 Å². The van der Waals surface area contributed by atoms with Gasteiger partial charge in [-0.2, -0.15) is 0 Å². The molecule has 1 fully saturated rings. The summed E-state index contributed by atoms with van der Waals surface area (Å²) in [6.45, 7) is 2.77. The Kier molecular flexibility index (Phi) is 5.57. The van der Waals surface area contributed by atoms with E-state index in [1.54, 1.807) is 12.3 Å². The lowest BCUT2D eigenvalue weighted by Crippen LogP contribution is -2.37. The Labute approximate surface area is 145 Å². The number of anilines is 1. The minimum Gasteiger partial charge on any atom is -0.378 e. The minimum atomic E-state index is -3.57. The molecule has 0 radical (unpaired) electrons. The van der Waals surface area contributed by atoms with Crippen LogP contribution in [-0.4, -0.2) is 44.7 Å². The zero-order valence-corrected chi connectivity index (χ0v) is 14.4. The van der Waals surface area contributed by atoms with Crippen molar-refractivity contribution in [1.82, 2.24) is 14.7 Å². The Hall–Kier alpha value is -2.10. The summed E-state index contributed by atoms with van der Waals surface area (Å²) in [6, 6.07) is 7.16. The zero-order chi connectivity index (χ0) is 17.7. The fourth-order valence-electron chi connectivity index (χ4n) is 2.47. The van der Waals surface area contributed by atoms with E-state index in [0.29, 0.717) is 24.6 Å². The number of hydrogen-bond acceptors (Lipinski definition) is 6. The number of ether oxygens (including phenoxy) is 1. The highest BCUT2D eigenvalue weighted by atomic mass is 32.2. The van der Waals surface area contributed by atoms with E-state index < -0.39 is 15.8 Å². The summed E-state index contributed by atoms with van der Waals surface area (Å²) in [6.07, 6.45) is 1.61. The highest BCUT2D eigenvalue weighted by Crippen LogP contribution is 2.12. The largest absolute Gasteiger partial charge is 0.378 e. The molecule has 0 spiro atoms. The van der Waals surface area contributed by atoms with Crippen LogP contribution < -0.4 is 9.62 Å². The summed E-state index contributed by atoms with van der Waals surface area (Å²) in [5, 5.41) is 0. The third-order valence-corrected chi connectivity index (χ3v) is 5.04. The lowest BCUT2D eigenvalue weighted by Gasteiger charge is -2.27. The first-order valence-corrected chi connectivity index (χ1v) is 9.53. The molecule has 1 aliphatic heterocycles. The van der Waals surface area contributed by atoms with Crippen molar-refractivity contribution >= 4 is 15.8 Å². The summed E-state index contributed by atoms with van der Waals surface area (Å²) in [4.78, 5) is 10.6. The molecule has 0 amide bonds. The van der Waals surface area contributed by atoms with E-state index in [0.717, 1.165) is 18.9 Å². The molecule has 0 bridgehead atoms. The minimum absolute atomic E-state index is 0.00169. The second kappa shape index (κ2) is 7.85. The van der Waals surface area contributed by atoms with Crippen LogP contribution >= 0.6 is 0 Å². The second-order valence-electron chi connectivity index (χ2n) is 5.64. The molecule has 134 valence electrons. The van der Waals surface area contributed by atoms with Gasteiger partial charge in [0.05, 0.1) is 25.5 Å². The molecular weight excluding hydrogens is 347 g/mol. The number of aromatic nitrogens is 2. The van der Waals surface area contributed by atoms with E-state index in [-0.39, 0.29) is 12.3 Å². The summed E-state index contributed by atoms with van der Waals surface area (Å²) < 4.78 is 45.0. The van der Waals surface area contributed by atoms with Gasteiger partial charge in [-0.25, -0.2) is 27.5 Å². The lowest BCUT2D eigenvalue weighted by atomic mass is 10.2. The van der Waals surface area contributed by atoms with Crippen LogP contribution in [0.2, 0.25) is 0 Å². The number of nitrogens with zero attached hydrogens (tertiary/aromatic N) is 3. The Morgan fingerprint density at radius 2 is 1.88 bits per heavy atom. The molecule has 1 aliphatic rings. The highest BCUT2D eigenvalue weighted by molar-refractivity contribution is 7.88. The van der Waals surface area contributed by atoms with Crippen LogP contribution in [0.1, 0.15) is 11.4 Å². The van der Waals surface area contributed by atoms with E-state index in [9.17, 15) is 12.8 Å². The van der Waals surface area contributed by atoms with Crippen molar-refractivity contribution in [2.45, 2.75) is 12.3 Å². The molecule has 1 saturated heterocycles. The molecule has 7 nitrogen and oxygen atoms in total. The fraction of sp³-hybridized carbons (Fsp3) is 0.375. The van der Waals surface area contributed by atoms with Crippen molar-refractivity contribution in [3.05, 3.63) is 53.7 Å². The third-order valence-electron chi connectivity index (χ3n) is 3.75. The number of hydrogen-bond donors (Lipinski definition) is 1. The van der Waals surface area contributed by atoms with Gasteiger partial charge in [-0.1, -0.05) is 12.1 Å². The van der Waals surface area contributed by atoms with Crippen molar-refractivity contribution < 1.29 is 17.5 Å². The maximum Gasteiger partial charge on any atom is 0.216 e. The first-order chi connectivity index (χ1) is 12.0. The van der Waals surface area contributed by atoms with E-state index >= 15 is 0 Å². The van der Waals surface area contributed by atoms with Crippen molar-refractivity contribution in [3.63, 3.8) is 0 Å². The van der Waals surface area contributed by atoms with Gasteiger partial charge in [0.2, 0.25) is 10.0 Å². The van der Waals surface area contributed by atoms with Gasteiger partial charge >= 0.3 is 0 Å². The topological polar surface area (TPSA) is 84.4 Å². The molecule has 0 aliphatic carbocycles. The molecule has 1 aromatic heterocycles. The molecule has 0 atom stereocenters. The molecule has 2 aromatic rings. The third kappa shape index (κ3) is 5.18. The van der Waals surface area contributed by atoms with Gasteiger partial charge in [0.15, 0.2) is 0 Å². The number of morpholine rings is 1. The first kappa shape index (κ1) is 17.7. The van der Waals surface area contributed by atoms with E-state index in [4.69, 9.17) is 4.74 Å². The Bertz CT molecular complexity index is 808. The average Bonchev–Trinajstić information content (AvgIpc) is 2.63. The van der Waals surface area contributed by atoms with Crippen molar-refractivity contribution in [3.8, 4) is 0 Å².